The van der Waals surface area contributed by atoms with Gasteiger partial charge in [0, 0.05) is 44.0 Å². The molecule has 3 heterocycles. The monoisotopic (exact) mass is 497 g/mol. The van der Waals surface area contributed by atoms with Crippen molar-refractivity contribution in [3.05, 3.63) is 29.4 Å². The van der Waals surface area contributed by atoms with E-state index in [4.69, 9.17) is 4.74 Å². The number of likely N-dealkylation sites (tertiary alicyclic amines) is 1. The summed E-state index contributed by atoms with van der Waals surface area (Å²) in [6.07, 6.45) is 3.95. The number of aromatic nitrogens is 2. The van der Waals surface area contributed by atoms with Crippen molar-refractivity contribution >= 4 is 17.3 Å². The van der Waals surface area contributed by atoms with E-state index in [0.29, 0.717) is 36.5 Å². The topological polar surface area (TPSA) is 84.8 Å². The van der Waals surface area contributed by atoms with E-state index < -0.39 is 18.0 Å². The molecule has 0 bridgehead atoms. The number of piperidine rings is 1. The van der Waals surface area contributed by atoms with E-state index in [0.717, 1.165) is 11.4 Å². The smallest absolute Gasteiger partial charge is 0.388 e. The van der Waals surface area contributed by atoms with Crippen LogP contribution in [-0.2, 0) is 16.1 Å². The molecule has 0 aliphatic carbocycles. The number of alkyl halides is 2. The quantitative estimate of drug-likeness (QED) is 0.512. The minimum Gasteiger partial charge on any atom is -0.481 e. The van der Waals surface area contributed by atoms with Crippen molar-refractivity contribution in [1.82, 2.24) is 14.9 Å². The number of aliphatic carboxylic acids is 1. The largest absolute Gasteiger partial charge is 0.481 e. The molecule has 1 fully saturated rings. The molecule has 7 nitrogen and oxygen atoms in total. The van der Waals surface area contributed by atoms with Gasteiger partial charge in [-0.25, -0.2) is 9.97 Å². The molecule has 1 N–H and O–H groups in total. The number of hydrogen-bond donors (Lipinski definition) is 1. The second kappa shape index (κ2) is 10.6. The minimum atomic E-state index is -2.98. The highest BCUT2D eigenvalue weighted by molar-refractivity contribution is 7.15. The molecule has 0 spiro atoms. The number of carboxylic acids is 1. The number of hydrogen-bond acceptors (Lipinski definition) is 7. The molecule has 1 aliphatic rings. The Morgan fingerprint density at radius 1 is 1.38 bits per heavy atom. The molecule has 1 aliphatic heterocycles. The summed E-state index contributed by atoms with van der Waals surface area (Å²) in [7, 11) is 1.60. The number of carbonyl (C=O) groups is 1. The summed E-state index contributed by atoms with van der Waals surface area (Å²) < 4.78 is 35.5. The molecule has 1 unspecified atom stereocenters. The molecule has 2 aromatic heterocycles. The summed E-state index contributed by atoms with van der Waals surface area (Å²) in [4.78, 5) is 23.9. The maximum atomic E-state index is 12.8. The van der Waals surface area contributed by atoms with Crippen molar-refractivity contribution in [2.45, 2.75) is 59.8 Å². The van der Waals surface area contributed by atoms with Crippen molar-refractivity contribution in [2.24, 2.45) is 16.7 Å². The SMILES string of the molecule is COC(C)C[C@@]1(C(=O)O)C[C@@H](C(C)(C)C)CN(Cc2cnc(-c3cccnc3OC(F)F)s2)C1. The first-order valence-corrected chi connectivity index (χ1v) is 12.1. The zero-order valence-electron chi connectivity index (χ0n) is 20.3. The second-order valence-electron chi connectivity index (χ2n) is 10.1. The average Bonchev–Trinajstić information content (AvgIpc) is 3.20. The van der Waals surface area contributed by atoms with Crippen LogP contribution in [0.5, 0.6) is 5.88 Å². The maximum absolute atomic E-state index is 12.8. The van der Waals surface area contributed by atoms with Gasteiger partial charge in [0.05, 0.1) is 17.1 Å². The lowest BCUT2D eigenvalue weighted by Gasteiger charge is -2.48. The van der Waals surface area contributed by atoms with Gasteiger partial charge in [-0.2, -0.15) is 8.78 Å². The molecule has 3 atom stereocenters. The molecule has 0 radical (unpaired) electrons. The molecule has 0 aromatic carbocycles. The van der Waals surface area contributed by atoms with Gasteiger partial charge in [-0.3, -0.25) is 9.69 Å². The number of rotatable bonds is 9. The number of methoxy groups -OCH3 is 1. The van der Waals surface area contributed by atoms with E-state index in [2.05, 4.69) is 40.4 Å². The molecular weight excluding hydrogens is 464 g/mol. The van der Waals surface area contributed by atoms with Crippen LogP contribution in [0.15, 0.2) is 24.5 Å². The second-order valence-corrected chi connectivity index (χ2v) is 11.3. The number of halogens is 2. The zero-order chi connectivity index (χ0) is 25.1. The fourth-order valence-electron chi connectivity index (χ4n) is 4.59. The predicted octanol–water partition coefficient (Wildman–Crippen LogP) is 5.17. The number of ether oxygens (including phenoxy) is 2. The predicted molar refractivity (Wildman–Crippen MR) is 126 cm³/mol. The van der Waals surface area contributed by atoms with Gasteiger partial charge in [-0.05, 0) is 43.2 Å². The van der Waals surface area contributed by atoms with E-state index in [1.807, 2.05) is 6.92 Å². The summed E-state index contributed by atoms with van der Waals surface area (Å²) in [6.45, 7) is 7.04. The fourth-order valence-corrected chi connectivity index (χ4v) is 5.56. The number of carboxylic acid groups (broad SMARTS) is 1. The molecular formula is C24H33F2N3O4S. The summed E-state index contributed by atoms with van der Waals surface area (Å²) in [5.74, 6) is -0.787. The van der Waals surface area contributed by atoms with Crippen LogP contribution in [0.25, 0.3) is 10.6 Å². The minimum absolute atomic E-state index is 0.0637. The summed E-state index contributed by atoms with van der Waals surface area (Å²) in [6, 6.07) is 3.29. The van der Waals surface area contributed by atoms with Gasteiger partial charge < -0.3 is 14.6 Å². The Balaban J connectivity index is 1.86. The van der Waals surface area contributed by atoms with Crippen molar-refractivity contribution in [1.29, 1.82) is 0 Å². The number of pyridine rings is 1. The van der Waals surface area contributed by atoms with Crippen molar-refractivity contribution in [3.63, 3.8) is 0 Å². The lowest BCUT2D eigenvalue weighted by molar-refractivity contribution is -0.159. The van der Waals surface area contributed by atoms with Gasteiger partial charge in [0.15, 0.2) is 0 Å². The van der Waals surface area contributed by atoms with Gasteiger partial charge in [-0.1, -0.05) is 20.8 Å². The molecule has 0 amide bonds. The maximum Gasteiger partial charge on any atom is 0.388 e. The number of nitrogens with zero attached hydrogens (tertiary/aromatic N) is 3. The molecule has 1 saturated heterocycles. The Morgan fingerprint density at radius 2 is 2.12 bits per heavy atom. The molecule has 34 heavy (non-hydrogen) atoms. The van der Waals surface area contributed by atoms with Gasteiger partial charge in [0.25, 0.3) is 0 Å². The molecule has 2 aromatic rings. The Kier molecular flexibility index (Phi) is 8.26. The molecule has 3 rings (SSSR count). The first-order chi connectivity index (χ1) is 15.9. The van der Waals surface area contributed by atoms with E-state index >= 15 is 0 Å². The van der Waals surface area contributed by atoms with Crippen LogP contribution in [0.3, 0.4) is 0 Å². The highest BCUT2D eigenvalue weighted by atomic mass is 32.1. The Labute approximate surface area is 203 Å². The highest BCUT2D eigenvalue weighted by Gasteiger charge is 2.49. The van der Waals surface area contributed by atoms with E-state index in [9.17, 15) is 18.7 Å². The first-order valence-electron chi connectivity index (χ1n) is 11.3. The molecule has 188 valence electrons. The number of thiazole rings is 1. The normalized spacial score (nSPS) is 22.6. The van der Waals surface area contributed by atoms with E-state index in [1.54, 1.807) is 25.4 Å². The van der Waals surface area contributed by atoms with Gasteiger partial charge in [0.1, 0.15) is 5.01 Å². The van der Waals surface area contributed by atoms with Crippen LogP contribution >= 0.6 is 11.3 Å². The third-order valence-electron chi connectivity index (χ3n) is 6.54. The van der Waals surface area contributed by atoms with Crippen molar-refractivity contribution in [2.75, 3.05) is 20.2 Å². The Bertz CT molecular complexity index is 981. The third kappa shape index (κ3) is 6.28. The Morgan fingerprint density at radius 3 is 2.74 bits per heavy atom. The lowest BCUT2D eigenvalue weighted by Crippen LogP contribution is -2.54. The van der Waals surface area contributed by atoms with E-state index in [-0.39, 0.29) is 23.3 Å². The van der Waals surface area contributed by atoms with Crippen LogP contribution in [0.2, 0.25) is 0 Å². The Hall–Kier alpha value is -2.17. The summed E-state index contributed by atoms with van der Waals surface area (Å²) in [5.41, 5.74) is -0.578. The highest BCUT2D eigenvalue weighted by Crippen LogP contribution is 2.45. The summed E-state index contributed by atoms with van der Waals surface area (Å²) in [5, 5.41) is 10.8. The third-order valence-corrected chi connectivity index (χ3v) is 7.55. The van der Waals surface area contributed by atoms with Gasteiger partial charge >= 0.3 is 12.6 Å². The molecule has 10 heteroatoms. The van der Waals surface area contributed by atoms with Crippen LogP contribution in [-0.4, -0.2) is 58.9 Å². The standard InChI is InChI=1S/C24H33F2N3O4S/c1-15(32-5)9-24(21(30)31)10-16(23(2,3)4)12-29(14-24)13-17-11-28-20(34-17)18-7-6-8-27-19(18)33-22(25)26/h6-8,11,15-16,22H,9-10,12-14H2,1-5H3,(H,30,31)/t15?,16-,24-/m1/s1. The van der Waals surface area contributed by atoms with Gasteiger partial charge in [-0.15, -0.1) is 11.3 Å². The van der Waals surface area contributed by atoms with Gasteiger partial charge in [0.2, 0.25) is 5.88 Å². The summed E-state index contributed by atoms with van der Waals surface area (Å²) >= 11 is 1.37. The fraction of sp³-hybridized carbons (Fsp3) is 0.625. The van der Waals surface area contributed by atoms with E-state index in [1.165, 1.54) is 17.5 Å². The van der Waals surface area contributed by atoms with Crippen molar-refractivity contribution in [3.8, 4) is 16.5 Å². The zero-order valence-corrected chi connectivity index (χ0v) is 21.1. The lowest BCUT2D eigenvalue weighted by atomic mass is 9.65. The average molecular weight is 498 g/mol. The van der Waals surface area contributed by atoms with Crippen LogP contribution in [0.1, 0.15) is 45.4 Å². The van der Waals surface area contributed by atoms with Crippen LogP contribution in [0.4, 0.5) is 8.78 Å². The van der Waals surface area contributed by atoms with Crippen LogP contribution < -0.4 is 4.74 Å². The first kappa shape index (κ1) is 26.4. The van der Waals surface area contributed by atoms with Crippen molar-refractivity contribution < 1.29 is 28.2 Å². The van der Waals surface area contributed by atoms with Crippen LogP contribution in [0, 0.1) is 16.7 Å². The molecule has 0 saturated carbocycles.